The minimum Gasteiger partial charge on any atom is -0.287 e. The molecule has 6 heteroatoms. The van der Waals surface area contributed by atoms with Gasteiger partial charge in [0.2, 0.25) is 5.91 Å². The molecule has 0 bridgehead atoms. The second-order valence-corrected chi connectivity index (χ2v) is 7.01. The molecule has 3 nitrogen and oxygen atoms in total. The molecule has 0 spiro atoms. The van der Waals surface area contributed by atoms with Crippen molar-refractivity contribution in [3.63, 3.8) is 0 Å². The van der Waals surface area contributed by atoms with Gasteiger partial charge in [-0.3, -0.25) is 10.2 Å². The number of alkyl halides is 3. The number of carbonyl (C=O) groups is 1. The number of halogens is 3. The van der Waals surface area contributed by atoms with Crippen LogP contribution >= 0.6 is 0 Å². The highest BCUT2D eigenvalue weighted by atomic mass is 19.4. The molecule has 1 atom stereocenters. The van der Waals surface area contributed by atoms with Crippen molar-refractivity contribution in [1.82, 2.24) is 10.4 Å². The van der Waals surface area contributed by atoms with Gasteiger partial charge in [0.15, 0.2) is 0 Å². The molecule has 0 aromatic heterocycles. The van der Waals surface area contributed by atoms with Gasteiger partial charge in [-0.15, -0.1) is 0 Å². The lowest BCUT2D eigenvalue weighted by atomic mass is 9.93. The summed E-state index contributed by atoms with van der Waals surface area (Å²) in [6, 6.07) is 8.47. The van der Waals surface area contributed by atoms with E-state index in [0.717, 1.165) is 21.3 Å². The largest absolute Gasteiger partial charge is 0.409 e. The molecule has 3 rings (SSSR count). The number of hydrazine groups is 1. The number of nitrogens with zero attached hydrogens (tertiary/aromatic N) is 1. The zero-order valence-electron chi connectivity index (χ0n) is 13.7. The first-order chi connectivity index (χ1) is 11.1. The normalized spacial score (nSPS) is 19.5. The minimum atomic E-state index is -4.49. The van der Waals surface area contributed by atoms with Crippen LogP contribution in [0.15, 0.2) is 36.4 Å². The Kier molecular flexibility index (Phi) is 3.83. The lowest BCUT2D eigenvalue weighted by molar-refractivity contribution is -0.191. The fraction of sp³-hybridized carbons (Fsp3) is 0.389. The highest BCUT2D eigenvalue weighted by Crippen LogP contribution is 2.41. The number of rotatable bonds is 2. The Labute approximate surface area is 138 Å². The molecule has 0 unspecified atom stereocenters. The first-order valence-corrected chi connectivity index (χ1v) is 7.73. The molecule has 1 fully saturated rings. The summed E-state index contributed by atoms with van der Waals surface area (Å²) in [4.78, 5) is 11.9. The van der Waals surface area contributed by atoms with Crippen LogP contribution in [0.25, 0.3) is 10.8 Å². The van der Waals surface area contributed by atoms with E-state index in [4.69, 9.17) is 0 Å². The molecular weight excluding hydrogens is 317 g/mol. The monoisotopic (exact) mass is 336 g/mol. The van der Waals surface area contributed by atoms with Crippen LogP contribution in [0.3, 0.4) is 0 Å². The number of carbonyl (C=O) groups excluding carboxylic acids is 1. The zero-order chi connectivity index (χ0) is 17.7. The van der Waals surface area contributed by atoms with E-state index in [1.54, 1.807) is 26.0 Å². The number of hydrogen-bond acceptors (Lipinski definition) is 2. The maximum absolute atomic E-state index is 13.7. The smallest absolute Gasteiger partial charge is 0.287 e. The van der Waals surface area contributed by atoms with Gasteiger partial charge in [-0.05, 0) is 43.2 Å². The maximum Gasteiger partial charge on any atom is 0.409 e. The summed E-state index contributed by atoms with van der Waals surface area (Å²) in [6.07, 6.45) is -4.49. The van der Waals surface area contributed by atoms with Crippen molar-refractivity contribution in [2.75, 3.05) is 6.54 Å². The molecule has 1 amide bonds. The van der Waals surface area contributed by atoms with E-state index < -0.39 is 23.5 Å². The molecule has 2 aromatic rings. The molecule has 1 aliphatic rings. The molecule has 24 heavy (non-hydrogen) atoms. The van der Waals surface area contributed by atoms with Crippen LogP contribution in [0, 0.1) is 12.3 Å². The third kappa shape index (κ3) is 2.98. The summed E-state index contributed by atoms with van der Waals surface area (Å²) in [5, 5.41) is 2.64. The van der Waals surface area contributed by atoms with Gasteiger partial charge in [0.05, 0.1) is 5.41 Å². The second kappa shape index (κ2) is 5.48. The van der Waals surface area contributed by atoms with Gasteiger partial charge >= 0.3 is 6.18 Å². The van der Waals surface area contributed by atoms with Crippen molar-refractivity contribution < 1.29 is 18.0 Å². The average molecular weight is 336 g/mol. The zero-order valence-corrected chi connectivity index (χ0v) is 13.7. The SMILES string of the molecule is Cc1ccc2cc([C@H](N3CC(C)(C)C(=O)N3)C(F)(F)F)ccc2c1. The van der Waals surface area contributed by atoms with Gasteiger partial charge in [-0.2, -0.15) is 13.2 Å². The van der Waals surface area contributed by atoms with Gasteiger partial charge in [0.25, 0.3) is 0 Å². The Morgan fingerprint density at radius 3 is 2.33 bits per heavy atom. The van der Waals surface area contributed by atoms with E-state index >= 15 is 0 Å². The molecular formula is C18H19F3N2O. The van der Waals surface area contributed by atoms with Crippen LogP contribution in [0.5, 0.6) is 0 Å². The van der Waals surface area contributed by atoms with Crippen molar-refractivity contribution in [3.05, 3.63) is 47.5 Å². The fourth-order valence-corrected chi connectivity index (χ4v) is 3.07. The highest BCUT2D eigenvalue weighted by Gasteiger charge is 2.51. The molecule has 1 aliphatic heterocycles. The summed E-state index contributed by atoms with van der Waals surface area (Å²) in [7, 11) is 0. The molecule has 128 valence electrons. The van der Waals surface area contributed by atoms with Crippen LogP contribution in [0.1, 0.15) is 31.0 Å². The highest BCUT2D eigenvalue weighted by molar-refractivity contribution is 5.85. The Balaban J connectivity index is 2.04. The minimum absolute atomic E-state index is 0.00193. The van der Waals surface area contributed by atoms with E-state index in [2.05, 4.69) is 5.43 Å². The third-order valence-corrected chi connectivity index (χ3v) is 4.38. The van der Waals surface area contributed by atoms with Crippen molar-refractivity contribution >= 4 is 16.7 Å². The van der Waals surface area contributed by atoms with Gasteiger partial charge in [0.1, 0.15) is 6.04 Å². The van der Waals surface area contributed by atoms with Crippen LogP contribution < -0.4 is 5.43 Å². The molecule has 2 aromatic carbocycles. The summed E-state index contributed by atoms with van der Waals surface area (Å²) < 4.78 is 41.1. The molecule has 1 heterocycles. The topological polar surface area (TPSA) is 32.3 Å². The number of fused-ring (bicyclic) bond motifs is 1. The molecule has 1 saturated heterocycles. The summed E-state index contributed by atoms with van der Waals surface area (Å²) in [6.45, 7) is 5.22. The first-order valence-electron chi connectivity index (χ1n) is 7.73. The number of amides is 1. The average Bonchev–Trinajstić information content (AvgIpc) is 2.71. The third-order valence-electron chi connectivity index (χ3n) is 4.38. The van der Waals surface area contributed by atoms with Gasteiger partial charge in [-0.1, -0.05) is 35.9 Å². The fourth-order valence-electron chi connectivity index (χ4n) is 3.07. The van der Waals surface area contributed by atoms with Gasteiger partial charge < -0.3 is 0 Å². The van der Waals surface area contributed by atoms with Crippen LogP contribution in [-0.4, -0.2) is 23.6 Å². The van der Waals surface area contributed by atoms with E-state index in [-0.39, 0.29) is 12.1 Å². The Morgan fingerprint density at radius 2 is 1.75 bits per heavy atom. The van der Waals surface area contributed by atoms with E-state index in [1.807, 2.05) is 25.1 Å². The quantitative estimate of drug-likeness (QED) is 0.894. The van der Waals surface area contributed by atoms with Crippen molar-refractivity contribution in [2.45, 2.75) is 33.0 Å². The van der Waals surface area contributed by atoms with Crippen LogP contribution in [0.2, 0.25) is 0 Å². The Hall–Kier alpha value is -2.08. The molecule has 0 radical (unpaired) electrons. The van der Waals surface area contributed by atoms with Crippen LogP contribution in [0.4, 0.5) is 13.2 Å². The van der Waals surface area contributed by atoms with E-state index in [9.17, 15) is 18.0 Å². The summed E-state index contributed by atoms with van der Waals surface area (Å²) in [5.41, 5.74) is 2.71. The number of aryl methyl sites for hydroxylation is 1. The summed E-state index contributed by atoms with van der Waals surface area (Å²) >= 11 is 0. The standard InChI is InChI=1S/C18H19F3N2O/c1-11-4-5-13-9-14(7-6-12(13)8-11)15(18(19,20)21)23-10-17(2,3)16(24)22-23/h4-9,15H,10H2,1-3H3,(H,22,24)/t15-/m0/s1. The van der Waals surface area contributed by atoms with E-state index in [1.165, 1.54) is 6.07 Å². The lowest BCUT2D eigenvalue weighted by Gasteiger charge is -2.30. The second-order valence-electron chi connectivity index (χ2n) is 7.01. The molecule has 0 aliphatic carbocycles. The number of hydrogen-bond donors (Lipinski definition) is 1. The first kappa shape index (κ1) is 16.8. The Bertz CT molecular complexity index is 798. The molecule has 1 N–H and O–H groups in total. The van der Waals surface area contributed by atoms with Crippen molar-refractivity contribution in [3.8, 4) is 0 Å². The molecule has 0 saturated carbocycles. The van der Waals surface area contributed by atoms with Crippen molar-refractivity contribution in [1.29, 1.82) is 0 Å². The van der Waals surface area contributed by atoms with E-state index in [0.29, 0.717) is 0 Å². The van der Waals surface area contributed by atoms with Crippen LogP contribution in [-0.2, 0) is 4.79 Å². The number of nitrogens with one attached hydrogen (secondary N) is 1. The van der Waals surface area contributed by atoms with Gasteiger partial charge in [0, 0.05) is 6.54 Å². The Morgan fingerprint density at radius 1 is 1.12 bits per heavy atom. The number of benzene rings is 2. The van der Waals surface area contributed by atoms with Crippen molar-refractivity contribution in [2.24, 2.45) is 5.41 Å². The van der Waals surface area contributed by atoms with Gasteiger partial charge in [-0.25, -0.2) is 5.01 Å². The predicted octanol–water partition coefficient (Wildman–Crippen LogP) is 4.12. The maximum atomic E-state index is 13.7. The predicted molar refractivity (Wildman–Crippen MR) is 86.1 cm³/mol. The lowest BCUT2D eigenvalue weighted by Crippen LogP contribution is -2.43. The summed E-state index contributed by atoms with van der Waals surface area (Å²) in [5.74, 6) is -0.395.